The van der Waals surface area contributed by atoms with Gasteiger partial charge in [-0.2, -0.15) is 0 Å². The molecule has 0 aromatic rings. The number of rotatable bonds is 4. The first-order chi connectivity index (χ1) is 6.17. The summed E-state index contributed by atoms with van der Waals surface area (Å²) in [4.78, 5) is 21.4. The van der Waals surface area contributed by atoms with Gasteiger partial charge in [0.1, 0.15) is 0 Å². The zero-order valence-electron chi connectivity index (χ0n) is 6.95. The Hall–Kier alpha value is -1.62. The molecule has 2 unspecified atom stereocenters. The zero-order chi connectivity index (χ0) is 9.84. The van der Waals surface area contributed by atoms with Crippen LogP contribution in [0.3, 0.4) is 0 Å². The SMILES string of the molecule is C=CC(=O)NC1OC1NC(=O)C=C. The Labute approximate surface area is 75.4 Å². The van der Waals surface area contributed by atoms with Crippen LogP contribution < -0.4 is 10.6 Å². The highest BCUT2D eigenvalue weighted by Gasteiger charge is 2.40. The summed E-state index contributed by atoms with van der Waals surface area (Å²) >= 11 is 0. The fourth-order valence-corrected chi connectivity index (χ4v) is 0.730. The number of carbonyl (C=O) groups excluding carboxylic acids is 2. The standard InChI is InChI=1S/C8H10N2O3/c1-3-5(11)9-7-8(13-7)10-6(12)4-2/h3-4,7-8H,1-2H2,(H,9,11)(H,10,12). The second kappa shape index (κ2) is 3.86. The number of ether oxygens (including phenoxy) is 1. The van der Waals surface area contributed by atoms with Crippen molar-refractivity contribution in [2.24, 2.45) is 0 Å². The number of nitrogens with one attached hydrogen (secondary N) is 2. The molecule has 1 rings (SSSR count). The lowest BCUT2D eigenvalue weighted by Crippen LogP contribution is -2.33. The molecule has 0 aromatic heterocycles. The lowest BCUT2D eigenvalue weighted by atomic mass is 10.5. The van der Waals surface area contributed by atoms with E-state index in [0.29, 0.717) is 0 Å². The van der Waals surface area contributed by atoms with Crippen molar-refractivity contribution < 1.29 is 14.3 Å². The van der Waals surface area contributed by atoms with E-state index in [1.54, 1.807) is 0 Å². The quantitative estimate of drug-likeness (QED) is 0.445. The van der Waals surface area contributed by atoms with Gasteiger partial charge in [-0.15, -0.1) is 0 Å². The molecule has 0 bridgehead atoms. The topological polar surface area (TPSA) is 70.7 Å². The highest BCUT2D eigenvalue weighted by Crippen LogP contribution is 2.15. The van der Waals surface area contributed by atoms with Crippen molar-refractivity contribution in [3.63, 3.8) is 0 Å². The van der Waals surface area contributed by atoms with Gasteiger partial charge in [0, 0.05) is 0 Å². The van der Waals surface area contributed by atoms with Gasteiger partial charge in [0.05, 0.1) is 0 Å². The molecule has 2 N–H and O–H groups in total. The molecule has 13 heavy (non-hydrogen) atoms. The maximum atomic E-state index is 10.7. The Morgan fingerprint density at radius 1 is 1.08 bits per heavy atom. The van der Waals surface area contributed by atoms with E-state index in [4.69, 9.17) is 4.74 Å². The Balaban J connectivity index is 2.23. The van der Waals surface area contributed by atoms with Crippen molar-refractivity contribution in [2.75, 3.05) is 0 Å². The fraction of sp³-hybridized carbons (Fsp3) is 0.250. The van der Waals surface area contributed by atoms with Crippen molar-refractivity contribution in [1.29, 1.82) is 0 Å². The second-order valence-corrected chi connectivity index (χ2v) is 2.40. The lowest BCUT2D eigenvalue weighted by molar-refractivity contribution is -0.118. The van der Waals surface area contributed by atoms with E-state index in [1.807, 2.05) is 0 Å². The Morgan fingerprint density at radius 3 is 1.77 bits per heavy atom. The smallest absolute Gasteiger partial charge is 0.245 e. The number of carbonyl (C=O) groups is 2. The van der Waals surface area contributed by atoms with Crippen molar-refractivity contribution in [3.05, 3.63) is 25.3 Å². The van der Waals surface area contributed by atoms with E-state index in [2.05, 4.69) is 23.8 Å². The molecule has 2 atom stereocenters. The van der Waals surface area contributed by atoms with Gasteiger partial charge in [0.15, 0.2) is 12.5 Å². The summed E-state index contributed by atoms with van der Waals surface area (Å²) in [5.74, 6) is -0.666. The van der Waals surface area contributed by atoms with Crippen LogP contribution >= 0.6 is 0 Å². The van der Waals surface area contributed by atoms with Gasteiger partial charge in [-0.05, 0) is 12.2 Å². The first kappa shape index (κ1) is 9.47. The lowest BCUT2D eigenvalue weighted by Gasteiger charge is -1.96. The third-order valence-corrected chi connectivity index (χ3v) is 1.43. The van der Waals surface area contributed by atoms with E-state index in [9.17, 15) is 9.59 Å². The molecule has 0 saturated carbocycles. The van der Waals surface area contributed by atoms with Crippen LogP contribution in [0.1, 0.15) is 0 Å². The van der Waals surface area contributed by atoms with Crippen LogP contribution in [0.4, 0.5) is 0 Å². The van der Waals surface area contributed by atoms with Crippen molar-refractivity contribution >= 4 is 11.8 Å². The van der Waals surface area contributed by atoms with Crippen LogP contribution in [-0.4, -0.2) is 24.3 Å². The zero-order valence-corrected chi connectivity index (χ0v) is 6.95. The average Bonchev–Trinajstić information content (AvgIpc) is 2.83. The Morgan fingerprint density at radius 2 is 1.46 bits per heavy atom. The van der Waals surface area contributed by atoms with E-state index in [-0.39, 0.29) is 11.8 Å². The van der Waals surface area contributed by atoms with Crippen LogP contribution in [0.2, 0.25) is 0 Å². The van der Waals surface area contributed by atoms with Gasteiger partial charge in [-0.1, -0.05) is 13.2 Å². The van der Waals surface area contributed by atoms with Crippen LogP contribution in [0.15, 0.2) is 25.3 Å². The van der Waals surface area contributed by atoms with Gasteiger partial charge in [-0.25, -0.2) is 0 Å². The van der Waals surface area contributed by atoms with Crippen molar-refractivity contribution in [3.8, 4) is 0 Å². The predicted octanol–water partition coefficient (Wildman–Crippen LogP) is -0.727. The summed E-state index contributed by atoms with van der Waals surface area (Å²) in [6.45, 7) is 6.54. The number of hydrogen-bond donors (Lipinski definition) is 2. The number of hydrogen-bond acceptors (Lipinski definition) is 3. The molecule has 70 valence electrons. The molecule has 5 nitrogen and oxygen atoms in total. The largest absolute Gasteiger partial charge is 0.326 e. The van der Waals surface area contributed by atoms with Crippen LogP contribution in [0.5, 0.6) is 0 Å². The molecule has 2 amide bonds. The maximum absolute atomic E-state index is 10.7. The Bertz CT molecular complexity index is 236. The van der Waals surface area contributed by atoms with E-state index in [1.165, 1.54) is 0 Å². The van der Waals surface area contributed by atoms with Crippen molar-refractivity contribution in [1.82, 2.24) is 10.6 Å². The van der Waals surface area contributed by atoms with E-state index < -0.39 is 12.5 Å². The maximum Gasteiger partial charge on any atom is 0.245 e. The molecule has 1 aliphatic rings. The van der Waals surface area contributed by atoms with E-state index in [0.717, 1.165) is 12.2 Å². The van der Waals surface area contributed by atoms with Gasteiger partial charge < -0.3 is 15.4 Å². The predicted molar refractivity (Wildman–Crippen MR) is 45.3 cm³/mol. The average molecular weight is 182 g/mol. The summed E-state index contributed by atoms with van der Waals surface area (Å²) in [5, 5.41) is 4.91. The van der Waals surface area contributed by atoms with Gasteiger partial charge in [0.2, 0.25) is 11.8 Å². The minimum Gasteiger partial charge on any atom is -0.326 e. The monoisotopic (exact) mass is 182 g/mol. The first-order valence-corrected chi connectivity index (χ1v) is 3.68. The highest BCUT2D eigenvalue weighted by molar-refractivity contribution is 5.88. The molecule has 1 heterocycles. The molecule has 1 fully saturated rings. The summed E-state index contributed by atoms with van der Waals surface area (Å²) in [7, 11) is 0. The van der Waals surface area contributed by atoms with Crippen LogP contribution in [0.25, 0.3) is 0 Å². The van der Waals surface area contributed by atoms with Gasteiger partial charge in [-0.3, -0.25) is 9.59 Å². The molecule has 0 aliphatic carbocycles. The van der Waals surface area contributed by atoms with Gasteiger partial charge >= 0.3 is 0 Å². The van der Waals surface area contributed by atoms with Crippen LogP contribution in [0, 0.1) is 0 Å². The summed E-state index contributed by atoms with van der Waals surface area (Å²) in [6, 6.07) is 0. The molecule has 1 aliphatic heterocycles. The van der Waals surface area contributed by atoms with Gasteiger partial charge in [0.25, 0.3) is 0 Å². The van der Waals surface area contributed by atoms with E-state index >= 15 is 0 Å². The highest BCUT2D eigenvalue weighted by atomic mass is 16.6. The normalized spacial score (nSPS) is 24.3. The number of epoxide rings is 1. The minimum absolute atomic E-state index is 0.333. The molecule has 5 heteroatoms. The molecule has 0 spiro atoms. The van der Waals surface area contributed by atoms with Crippen LogP contribution in [-0.2, 0) is 14.3 Å². The Kier molecular flexibility index (Phi) is 2.81. The molecule has 0 aromatic carbocycles. The molecular formula is C8H10N2O3. The molecular weight excluding hydrogens is 172 g/mol. The molecule has 1 saturated heterocycles. The van der Waals surface area contributed by atoms with Crippen molar-refractivity contribution in [2.45, 2.75) is 12.5 Å². The number of amides is 2. The summed E-state index contributed by atoms with van der Waals surface area (Å²) in [5.41, 5.74) is 0. The first-order valence-electron chi connectivity index (χ1n) is 3.68. The third-order valence-electron chi connectivity index (χ3n) is 1.43. The minimum atomic E-state index is -0.450. The third kappa shape index (κ3) is 2.72. The molecule has 0 radical (unpaired) electrons. The fourth-order valence-electron chi connectivity index (χ4n) is 0.730. The summed E-state index contributed by atoms with van der Waals surface area (Å²) < 4.78 is 4.90. The second-order valence-electron chi connectivity index (χ2n) is 2.40. The summed E-state index contributed by atoms with van der Waals surface area (Å²) in [6.07, 6.45) is 1.37.